The molecule has 102 valence electrons. The first-order valence-corrected chi connectivity index (χ1v) is 6.90. The third-order valence-corrected chi connectivity index (χ3v) is 4.46. The van der Waals surface area contributed by atoms with E-state index in [0.717, 1.165) is 18.7 Å². The van der Waals surface area contributed by atoms with Gasteiger partial charge < -0.3 is 10.4 Å². The number of hydrogen-bond donors (Lipinski definition) is 2. The van der Waals surface area contributed by atoms with Gasteiger partial charge in [0.2, 0.25) is 0 Å². The van der Waals surface area contributed by atoms with Gasteiger partial charge in [0.1, 0.15) is 0 Å². The summed E-state index contributed by atoms with van der Waals surface area (Å²) in [6, 6.07) is 0. The predicted octanol–water partition coefficient (Wildman–Crippen LogP) is 1.42. The van der Waals surface area contributed by atoms with Gasteiger partial charge in [0.05, 0.1) is 24.4 Å². The Hall–Kier alpha value is -0.870. The molecule has 1 aliphatic carbocycles. The number of likely N-dealkylation sites (N-methyl/N-ethyl adjacent to an activating group) is 1. The van der Waals surface area contributed by atoms with Crippen molar-refractivity contribution in [3.8, 4) is 0 Å². The van der Waals surface area contributed by atoms with Crippen molar-refractivity contribution in [2.24, 2.45) is 5.92 Å². The normalized spacial score (nSPS) is 18.9. The minimum absolute atomic E-state index is 0.175. The van der Waals surface area contributed by atoms with Crippen LogP contribution in [0.3, 0.4) is 0 Å². The van der Waals surface area contributed by atoms with E-state index in [4.69, 9.17) is 0 Å². The molecule has 4 heteroatoms. The van der Waals surface area contributed by atoms with Crippen molar-refractivity contribution in [3.63, 3.8) is 0 Å². The van der Waals surface area contributed by atoms with Gasteiger partial charge in [-0.25, -0.2) is 0 Å². The Morgan fingerprint density at radius 1 is 1.44 bits per heavy atom. The van der Waals surface area contributed by atoms with Gasteiger partial charge in [-0.3, -0.25) is 4.68 Å². The van der Waals surface area contributed by atoms with Gasteiger partial charge in [-0.05, 0) is 51.6 Å². The van der Waals surface area contributed by atoms with E-state index < -0.39 is 0 Å². The molecule has 0 radical (unpaired) electrons. The molecule has 1 aliphatic rings. The summed E-state index contributed by atoms with van der Waals surface area (Å²) in [6.45, 7) is 7.30. The van der Waals surface area contributed by atoms with E-state index in [1.165, 1.54) is 24.1 Å². The summed E-state index contributed by atoms with van der Waals surface area (Å²) in [7, 11) is 1.95. The SMILES string of the molecule is CCc1c(C)nn(CC(CO)(NC)C2CC2)c1C. The third kappa shape index (κ3) is 2.19. The largest absolute Gasteiger partial charge is 0.394 e. The van der Waals surface area contributed by atoms with Gasteiger partial charge in [-0.2, -0.15) is 5.10 Å². The van der Waals surface area contributed by atoms with Crippen molar-refractivity contribution < 1.29 is 5.11 Å². The Bertz CT molecular complexity index is 417. The molecule has 0 bridgehead atoms. The van der Waals surface area contributed by atoms with Gasteiger partial charge in [-0.15, -0.1) is 0 Å². The third-order valence-electron chi connectivity index (χ3n) is 4.46. The molecular weight excluding hydrogens is 226 g/mol. The minimum Gasteiger partial charge on any atom is -0.394 e. The van der Waals surface area contributed by atoms with Crippen LogP contribution in [0.5, 0.6) is 0 Å². The fraction of sp³-hybridized carbons (Fsp3) is 0.786. The lowest BCUT2D eigenvalue weighted by molar-refractivity contribution is 0.125. The second-order valence-corrected chi connectivity index (χ2v) is 5.50. The van der Waals surface area contributed by atoms with Crippen LogP contribution in [0.4, 0.5) is 0 Å². The average molecular weight is 251 g/mol. The number of rotatable bonds is 6. The number of aliphatic hydroxyl groups excluding tert-OH is 1. The zero-order valence-electron chi connectivity index (χ0n) is 12.0. The van der Waals surface area contributed by atoms with Crippen molar-refractivity contribution in [2.75, 3.05) is 13.7 Å². The van der Waals surface area contributed by atoms with Crippen LogP contribution >= 0.6 is 0 Å². The minimum atomic E-state index is -0.200. The predicted molar refractivity (Wildman–Crippen MR) is 72.7 cm³/mol. The molecule has 1 fully saturated rings. The highest BCUT2D eigenvalue weighted by Gasteiger charge is 2.44. The first-order chi connectivity index (χ1) is 8.57. The maximum absolute atomic E-state index is 9.77. The quantitative estimate of drug-likeness (QED) is 0.804. The first-order valence-electron chi connectivity index (χ1n) is 6.90. The van der Waals surface area contributed by atoms with Crippen LogP contribution in [-0.2, 0) is 13.0 Å². The summed E-state index contributed by atoms with van der Waals surface area (Å²) in [4.78, 5) is 0. The van der Waals surface area contributed by atoms with Crippen LogP contribution in [-0.4, -0.2) is 34.1 Å². The molecule has 0 amide bonds. The summed E-state index contributed by atoms with van der Waals surface area (Å²) in [6.07, 6.45) is 3.44. The topological polar surface area (TPSA) is 50.1 Å². The summed E-state index contributed by atoms with van der Waals surface area (Å²) in [5.74, 6) is 0.585. The lowest BCUT2D eigenvalue weighted by Gasteiger charge is -2.32. The van der Waals surface area contributed by atoms with E-state index in [9.17, 15) is 5.11 Å². The molecule has 1 heterocycles. The fourth-order valence-electron chi connectivity index (χ4n) is 2.97. The molecule has 0 spiro atoms. The Balaban J connectivity index is 2.26. The number of aromatic nitrogens is 2. The highest BCUT2D eigenvalue weighted by Crippen LogP contribution is 2.40. The summed E-state index contributed by atoms with van der Waals surface area (Å²) < 4.78 is 2.07. The smallest absolute Gasteiger partial charge is 0.0638 e. The molecule has 4 nitrogen and oxygen atoms in total. The summed E-state index contributed by atoms with van der Waals surface area (Å²) in [5.41, 5.74) is 3.50. The van der Waals surface area contributed by atoms with Crippen LogP contribution in [0.15, 0.2) is 0 Å². The maximum atomic E-state index is 9.77. The van der Waals surface area contributed by atoms with Gasteiger partial charge in [-0.1, -0.05) is 6.92 Å². The second kappa shape index (κ2) is 5.02. The molecule has 18 heavy (non-hydrogen) atoms. The molecule has 1 saturated carbocycles. The molecule has 1 aromatic rings. The summed E-state index contributed by atoms with van der Waals surface area (Å²) in [5, 5.41) is 17.7. The monoisotopic (exact) mass is 251 g/mol. The van der Waals surface area contributed by atoms with Crippen molar-refractivity contribution in [3.05, 3.63) is 17.0 Å². The lowest BCUT2D eigenvalue weighted by atomic mass is 9.94. The molecule has 0 saturated heterocycles. The van der Waals surface area contributed by atoms with E-state index in [1.54, 1.807) is 0 Å². The first kappa shape index (κ1) is 13.6. The second-order valence-electron chi connectivity index (χ2n) is 5.50. The van der Waals surface area contributed by atoms with E-state index in [-0.39, 0.29) is 12.1 Å². The van der Waals surface area contributed by atoms with Crippen LogP contribution in [0.1, 0.15) is 36.7 Å². The number of aryl methyl sites for hydroxylation is 1. The molecule has 0 aromatic carbocycles. The van der Waals surface area contributed by atoms with Gasteiger partial charge in [0, 0.05) is 5.69 Å². The maximum Gasteiger partial charge on any atom is 0.0638 e. The number of hydrogen-bond acceptors (Lipinski definition) is 3. The lowest BCUT2D eigenvalue weighted by Crippen LogP contribution is -2.52. The van der Waals surface area contributed by atoms with Crippen LogP contribution in [0.2, 0.25) is 0 Å². The zero-order chi connectivity index (χ0) is 13.3. The Morgan fingerprint density at radius 2 is 2.11 bits per heavy atom. The highest BCUT2D eigenvalue weighted by molar-refractivity contribution is 5.24. The Kier molecular flexibility index (Phi) is 3.78. The van der Waals surface area contributed by atoms with Gasteiger partial charge in [0.25, 0.3) is 0 Å². The number of aliphatic hydroxyl groups is 1. The van der Waals surface area contributed by atoms with Gasteiger partial charge >= 0.3 is 0 Å². The van der Waals surface area contributed by atoms with E-state index in [2.05, 4.69) is 35.9 Å². The average Bonchev–Trinajstić information content (AvgIpc) is 3.16. The molecule has 1 atom stereocenters. The standard InChI is InChI=1S/C14H25N3O/c1-5-13-10(2)16-17(11(13)3)8-14(9-18,15-4)12-6-7-12/h12,15,18H,5-9H2,1-4H3. The van der Waals surface area contributed by atoms with E-state index in [0.29, 0.717) is 5.92 Å². The van der Waals surface area contributed by atoms with Crippen LogP contribution < -0.4 is 5.32 Å². The van der Waals surface area contributed by atoms with Crippen molar-refractivity contribution in [1.82, 2.24) is 15.1 Å². The highest BCUT2D eigenvalue weighted by atomic mass is 16.3. The van der Waals surface area contributed by atoms with Crippen LogP contribution in [0.25, 0.3) is 0 Å². The van der Waals surface area contributed by atoms with Crippen molar-refractivity contribution in [1.29, 1.82) is 0 Å². The molecular formula is C14H25N3O. The number of nitrogens with one attached hydrogen (secondary N) is 1. The van der Waals surface area contributed by atoms with Crippen molar-refractivity contribution in [2.45, 2.75) is 52.1 Å². The molecule has 0 aliphatic heterocycles. The van der Waals surface area contributed by atoms with E-state index in [1.807, 2.05) is 7.05 Å². The van der Waals surface area contributed by atoms with Gasteiger partial charge in [0.15, 0.2) is 0 Å². The Labute approximate surface area is 109 Å². The Morgan fingerprint density at radius 3 is 2.50 bits per heavy atom. The molecule has 2 rings (SSSR count). The van der Waals surface area contributed by atoms with Crippen LogP contribution in [0, 0.1) is 19.8 Å². The molecule has 1 unspecified atom stereocenters. The fourth-order valence-corrected chi connectivity index (χ4v) is 2.97. The molecule has 1 aromatic heterocycles. The van der Waals surface area contributed by atoms with E-state index >= 15 is 0 Å². The summed E-state index contributed by atoms with van der Waals surface area (Å²) >= 11 is 0. The number of nitrogens with zero attached hydrogens (tertiary/aromatic N) is 2. The van der Waals surface area contributed by atoms with Crippen molar-refractivity contribution >= 4 is 0 Å². The zero-order valence-corrected chi connectivity index (χ0v) is 12.0. The molecule has 2 N–H and O–H groups in total.